The molecule has 1 saturated heterocycles. The first-order chi connectivity index (χ1) is 7.18. The summed E-state index contributed by atoms with van der Waals surface area (Å²) >= 11 is 9.54. The molecule has 82 valence electrons. The lowest BCUT2D eigenvalue weighted by Gasteiger charge is -2.27. The molecular formula is C11H12BrClO2. The molecule has 1 fully saturated rings. The summed E-state index contributed by atoms with van der Waals surface area (Å²) in [5.41, 5.74) is 0.949. The van der Waals surface area contributed by atoms with Crippen molar-refractivity contribution in [1.29, 1.82) is 0 Å². The molecule has 1 aliphatic rings. The molecule has 1 heterocycles. The molecule has 0 saturated carbocycles. The maximum absolute atomic E-state index is 9.57. The standard InChI is InChI=1S/C11H12BrClO2/c12-9-3-1-2-8(11(9)13)10-6-7(14)4-5-15-10/h1-3,7,10,14H,4-6H2. The van der Waals surface area contributed by atoms with E-state index in [9.17, 15) is 5.11 Å². The molecule has 0 spiro atoms. The van der Waals surface area contributed by atoms with Gasteiger partial charge in [0.15, 0.2) is 0 Å². The molecule has 2 unspecified atom stereocenters. The fourth-order valence-electron chi connectivity index (χ4n) is 1.77. The van der Waals surface area contributed by atoms with Gasteiger partial charge in [-0.05, 0) is 28.4 Å². The minimum atomic E-state index is -0.279. The van der Waals surface area contributed by atoms with Crippen LogP contribution < -0.4 is 0 Å². The monoisotopic (exact) mass is 290 g/mol. The van der Waals surface area contributed by atoms with Gasteiger partial charge in [0.1, 0.15) is 0 Å². The van der Waals surface area contributed by atoms with Crippen molar-refractivity contribution in [2.75, 3.05) is 6.61 Å². The molecule has 0 amide bonds. The smallest absolute Gasteiger partial charge is 0.0864 e. The van der Waals surface area contributed by atoms with Crippen LogP contribution in [-0.4, -0.2) is 17.8 Å². The van der Waals surface area contributed by atoms with Gasteiger partial charge >= 0.3 is 0 Å². The number of ether oxygens (including phenoxy) is 1. The summed E-state index contributed by atoms with van der Waals surface area (Å²) in [6.45, 7) is 0.592. The Kier molecular flexibility index (Phi) is 3.67. The Morgan fingerprint density at radius 1 is 1.47 bits per heavy atom. The summed E-state index contributed by atoms with van der Waals surface area (Å²) < 4.78 is 6.47. The second-order valence-corrected chi connectivity index (χ2v) is 4.91. The Morgan fingerprint density at radius 3 is 3.00 bits per heavy atom. The fourth-order valence-corrected chi connectivity index (χ4v) is 2.39. The molecule has 1 aromatic carbocycles. The van der Waals surface area contributed by atoms with Gasteiger partial charge in [-0.3, -0.25) is 0 Å². The SMILES string of the molecule is OC1CCOC(c2cccc(Br)c2Cl)C1. The third-order valence-corrected chi connectivity index (χ3v) is 3.90. The molecule has 1 aliphatic heterocycles. The molecule has 15 heavy (non-hydrogen) atoms. The first-order valence-electron chi connectivity index (χ1n) is 4.92. The number of hydrogen-bond donors (Lipinski definition) is 1. The average Bonchev–Trinajstić information content (AvgIpc) is 2.22. The van der Waals surface area contributed by atoms with Crippen LogP contribution >= 0.6 is 27.5 Å². The van der Waals surface area contributed by atoms with Gasteiger partial charge in [0, 0.05) is 23.1 Å². The van der Waals surface area contributed by atoms with Crippen molar-refractivity contribution in [3.63, 3.8) is 0 Å². The third-order valence-electron chi connectivity index (χ3n) is 2.58. The normalized spacial score (nSPS) is 26.6. The summed E-state index contributed by atoms with van der Waals surface area (Å²) in [5.74, 6) is 0. The van der Waals surface area contributed by atoms with Crippen molar-refractivity contribution < 1.29 is 9.84 Å². The lowest BCUT2D eigenvalue weighted by molar-refractivity contribution is -0.0447. The van der Waals surface area contributed by atoms with E-state index < -0.39 is 0 Å². The van der Waals surface area contributed by atoms with Crippen molar-refractivity contribution in [2.24, 2.45) is 0 Å². The van der Waals surface area contributed by atoms with E-state index in [-0.39, 0.29) is 12.2 Å². The second kappa shape index (κ2) is 4.83. The Bertz CT molecular complexity index is 356. The molecule has 2 rings (SSSR count). The van der Waals surface area contributed by atoms with E-state index >= 15 is 0 Å². The fraction of sp³-hybridized carbons (Fsp3) is 0.455. The van der Waals surface area contributed by atoms with E-state index in [1.54, 1.807) is 0 Å². The highest BCUT2D eigenvalue weighted by Crippen LogP contribution is 2.36. The first-order valence-corrected chi connectivity index (χ1v) is 6.09. The van der Waals surface area contributed by atoms with E-state index in [0.29, 0.717) is 24.5 Å². The minimum absolute atomic E-state index is 0.0845. The predicted octanol–water partition coefficient (Wildman–Crippen LogP) is 3.31. The van der Waals surface area contributed by atoms with Crippen LogP contribution in [0.4, 0.5) is 0 Å². The van der Waals surface area contributed by atoms with Gasteiger partial charge in [-0.25, -0.2) is 0 Å². The zero-order valence-corrected chi connectivity index (χ0v) is 10.5. The number of aliphatic hydroxyl groups is 1. The van der Waals surface area contributed by atoms with Crippen molar-refractivity contribution >= 4 is 27.5 Å². The molecule has 1 aromatic rings. The number of halogens is 2. The highest BCUT2D eigenvalue weighted by Gasteiger charge is 2.24. The molecule has 0 bridgehead atoms. The zero-order valence-electron chi connectivity index (χ0n) is 8.12. The van der Waals surface area contributed by atoms with E-state index in [2.05, 4.69) is 15.9 Å². The molecule has 0 aliphatic carbocycles. The lowest BCUT2D eigenvalue weighted by Crippen LogP contribution is -2.23. The molecular weight excluding hydrogens is 279 g/mol. The van der Waals surface area contributed by atoms with Crippen molar-refractivity contribution in [3.8, 4) is 0 Å². The highest BCUT2D eigenvalue weighted by atomic mass is 79.9. The first kappa shape index (κ1) is 11.4. The minimum Gasteiger partial charge on any atom is -0.393 e. The number of rotatable bonds is 1. The van der Waals surface area contributed by atoms with Gasteiger partial charge in [0.25, 0.3) is 0 Å². The third kappa shape index (κ3) is 2.53. The average molecular weight is 292 g/mol. The summed E-state index contributed by atoms with van der Waals surface area (Å²) in [4.78, 5) is 0. The van der Waals surface area contributed by atoms with Crippen molar-refractivity contribution in [2.45, 2.75) is 25.0 Å². The summed E-state index contributed by atoms with van der Waals surface area (Å²) in [7, 11) is 0. The van der Waals surface area contributed by atoms with Gasteiger partial charge < -0.3 is 9.84 Å². The molecule has 2 nitrogen and oxygen atoms in total. The lowest BCUT2D eigenvalue weighted by atomic mass is 9.99. The Balaban J connectivity index is 2.24. The maximum Gasteiger partial charge on any atom is 0.0864 e. The molecule has 0 aromatic heterocycles. The van der Waals surface area contributed by atoms with Crippen LogP contribution in [0.1, 0.15) is 24.5 Å². The Labute approximate surface area is 102 Å². The Hall–Kier alpha value is -0.0900. The number of benzene rings is 1. The topological polar surface area (TPSA) is 29.5 Å². The van der Waals surface area contributed by atoms with Gasteiger partial charge in [0.05, 0.1) is 17.2 Å². The van der Waals surface area contributed by atoms with Crippen molar-refractivity contribution in [3.05, 3.63) is 33.3 Å². The summed E-state index contributed by atoms with van der Waals surface area (Å²) in [5, 5.41) is 10.2. The maximum atomic E-state index is 9.57. The summed E-state index contributed by atoms with van der Waals surface area (Å²) in [6, 6.07) is 5.76. The highest BCUT2D eigenvalue weighted by molar-refractivity contribution is 9.10. The van der Waals surface area contributed by atoms with Crippen molar-refractivity contribution in [1.82, 2.24) is 0 Å². The molecule has 1 N–H and O–H groups in total. The molecule has 0 radical (unpaired) electrons. The zero-order chi connectivity index (χ0) is 10.8. The van der Waals surface area contributed by atoms with E-state index in [4.69, 9.17) is 16.3 Å². The van der Waals surface area contributed by atoms with E-state index in [1.165, 1.54) is 0 Å². The van der Waals surface area contributed by atoms with Crippen LogP contribution in [0.3, 0.4) is 0 Å². The quantitative estimate of drug-likeness (QED) is 0.860. The van der Waals surface area contributed by atoms with Crippen LogP contribution in [0.15, 0.2) is 22.7 Å². The van der Waals surface area contributed by atoms with E-state index in [0.717, 1.165) is 10.0 Å². The largest absolute Gasteiger partial charge is 0.393 e. The molecule has 4 heteroatoms. The van der Waals surface area contributed by atoms with Crippen LogP contribution in [0.2, 0.25) is 5.02 Å². The van der Waals surface area contributed by atoms with Gasteiger partial charge in [-0.2, -0.15) is 0 Å². The number of hydrogen-bond acceptors (Lipinski definition) is 2. The van der Waals surface area contributed by atoms with Crippen LogP contribution in [-0.2, 0) is 4.74 Å². The second-order valence-electron chi connectivity index (χ2n) is 3.68. The predicted molar refractivity (Wildman–Crippen MR) is 63.1 cm³/mol. The Morgan fingerprint density at radius 2 is 2.27 bits per heavy atom. The van der Waals surface area contributed by atoms with Gasteiger partial charge in [-0.15, -0.1) is 0 Å². The summed E-state index contributed by atoms with van der Waals surface area (Å²) in [6.07, 6.45) is 0.968. The van der Waals surface area contributed by atoms with Crippen LogP contribution in [0.5, 0.6) is 0 Å². The molecule has 2 atom stereocenters. The van der Waals surface area contributed by atoms with Crippen LogP contribution in [0, 0.1) is 0 Å². The van der Waals surface area contributed by atoms with Crippen LogP contribution in [0.25, 0.3) is 0 Å². The van der Waals surface area contributed by atoms with Gasteiger partial charge in [0.2, 0.25) is 0 Å². The van der Waals surface area contributed by atoms with Gasteiger partial charge in [-0.1, -0.05) is 23.7 Å². The number of aliphatic hydroxyl groups excluding tert-OH is 1. The van der Waals surface area contributed by atoms with E-state index in [1.807, 2.05) is 18.2 Å².